The number of carbonyl (C=O) groups excluding carboxylic acids is 2. The first kappa shape index (κ1) is 20.1. The summed E-state index contributed by atoms with van der Waals surface area (Å²) in [5.41, 5.74) is -0.910. The van der Waals surface area contributed by atoms with Crippen molar-refractivity contribution >= 4 is 23.6 Å². The lowest BCUT2D eigenvalue weighted by atomic mass is 9.83. The minimum absolute atomic E-state index is 0.0585. The second-order valence-corrected chi connectivity index (χ2v) is 7.70. The van der Waals surface area contributed by atoms with Crippen LogP contribution in [0.15, 0.2) is 24.3 Å². The van der Waals surface area contributed by atoms with Gasteiger partial charge in [0.15, 0.2) is 0 Å². The molecule has 1 aliphatic heterocycles. The van der Waals surface area contributed by atoms with E-state index in [4.69, 9.17) is 0 Å². The highest BCUT2D eigenvalue weighted by Gasteiger charge is 2.50. The fourth-order valence-electron chi connectivity index (χ4n) is 4.20. The van der Waals surface area contributed by atoms with Crippen LogP contribution in [0.3, 0.4) is 0 Å². The Hall–Kier alpha value is -2.64. The van der Waals surface area contributed by atoms with E-state index in [1.165, 1.54) is 18.2 Å². The Morgan fingerprint density at radius 3 is 2.64 bits per heavy atom. The topological polar surface area (TPSA) is 98.7 Å². The summed E-state index contributed by atoms with van der Waals surface area (Å²) in [5.74, 6) is -1.68. The summed E-state index contributed by atoms with van der Waals surface area (Å²) >= 11 is 0. The normalized spacial score (nSPS) is 21.2. The molecular formula is C20H26FN3O4. The van der Waals surface area contributed by atoms with Crippen LogP contribution in [-0.4, -0.2) is 47.5 Å². The summed E-state index contributed by atoms with van der Waals surface area (Å²) in [4.78, 5) is 38.4. The Labute approximate surface area is 163 Å². The number of anilines is 1. The van der Waals surface area contributed by atoms with E-state index in [1.807, 2.05) is 0 Å². The van der Waals surface area contributed by atoms with Crippen molar-refractivity contribution < 1.29 is 23.9 Å². The molecule has 3 N–H and O–H groups in total. The first-order valence-corrected chi connectivity index (χ1v) is 9.74. The molecular weight excluding hydrogens is 365 g/mol. The van der Waals surface area contributed by atoms with Crippen molar-refractivity contribution in [3.63, 3.8) is 0 Å². The molecule has 3 rings (SSSR count). The van der Waals surface area contributed by atoms with Crippen molar-refractivity contribution in [3.8, 4) is 0 Å². The minimum Gasteiger partial charge on any atom is -0.480 e. The number of carbonyl (C=O) groups is 3. The summed E-state index contributed by atoms with van der Waals surface area (Å²) in [6.07, 6.45) is 3.95. The molecule has 0 aromatic heterocycles. The molecule has 3 amide bonds. The molecule has 2 fully saturated rings. The zero-order chi connectivity index (χ0) is 20.1. The van der Waals surface area contributed by atoms with Crippen molar-refractivity contribution in [2.24, 2.45) is 11.3 Å². The van der Waals surface area contributed by atoms with Crippen LogP contribution in [0.5, 0.6) is 0 Å². The van der Waals surface area contributed by atoms with Crippen molar-refractivity contribution in [2.75, 3.05) is 25.0 Å². The zero-order valence-electron chi connectivity index (χ0n) is 15.7. The first-order valence-electron chi connectivity index (χ1n) is 9.74. The highest BCUT2D eigenvalue weighted by Crippen LogP contribution is 2.40. The maximum Gasteiger partial charge on any atom is 0.319 e. The molecule has 0 radical (unpaired) electrons. The van der Waals surface area contributed by atoms with Crippen LogP contribution in [0.2, 0.25) is 0 Å². The molecule has 1 aromatic carbocycles. The number of likely N-dealkylation sites (tertiary alicyclic amines) is 1. The number of urea groups is 1. The Bertz CT molecular complexity index is 749. The molecule has 152 valence electrons. The van der Waals surface area contributed by atoms with Crippen LogP contribution in [0, 0.1) is 17.2 Å². The Kier molecular flexibility index (Phi) is 6.16. The monoisotopic (exact) mass is 391 g/mol. The quantitative estimate of drug-likeness (QED) is 0.672. The van der Waals surface area contributed by atoms with Crippen molar-refractivity contribution in [1.29, 1.82) is 0 Å². The Balaban J connectivity index is 1.53. The average molecular weight is 391 g/mol. The van der Waals surface area contributed by atoms with E-state index < -0.39 is 23.2 Å². The lowest BCUT2D eigenvalue weighted by Gasteiger charge is -2.37. The van der Waals surface area contributed by atoms with E-state index in [-0.39, 0.29) is 11.8 Å². The molecule has 1 unspecified atom stereocenters. The van der Waals surface area contributed by atoms with Gasteiger partial charge in [-0.2, -0.15) is 0 Å². The second-order valence-electron chi connectivity index (χ2n) is 7.70. The zero-order valence-corrected chi connectivity index (χ0v) is 15.7. The number of carboxylic acid groups (broad SMARTS) is 1. The molecule has 2 aliphatic rings. The molecule has 7 nitrogen and oxygen atoms in total. The van der Waals surface area contributed by atoms with Gasteiger partial charge >= 0.3 is 12.0 Å². The third kappa shape index (κ3) is 4.43. The highest BCUT2D eigenvalue weighted by molar-refractivity contribution is 6.02. The number of rotatable bonds is 5. The fourth-order valence-corrected chi connectivity index (χ4v) is 4.20. The van der Waals surface area contributed by atoms with Gasteiger partial charge in [-0.05, 0) is 49.8 Å². The number of piperidine rings is 1. The highest BCUT2D eigenvalue weighted by atomic mass is 19.1. The number of aliphatic carboxylic acids is 1. The smallest absolute Gasteiger partial charge is 0.319 e. The number of nitrogens with one attached hydrogen (secondary N) is 2. The summed E-state index contributed by atoms with van der Waals surface area (Å²) in [6, 6.07) is 5.19. The Morgan fingerprint density at radius 1 is 1.21 bits per heavy atom. The van der Waals surface area contributed by atoms with Gasteiger partial charge in [-0.15, -0.1) is 0 Å². The van der Waals surface area contributed by atoms with Crippen LogP contribution in [0.1, 0.15) is 38.5 Å². The number of carboxylic acids is 1. The predicted molar refractivity (Wildman–Crippen MR) is 101 cm³/mol. The van der Waals surface area contributed by atoms with Crippen LogP contribution < -0.4 is 10.6 Å². The van der Waals surface area contributed by atoms with E-state index in [2.05, 4.69) is 10.6 Å². The van der Waals surface area contributed by atoms with Crippen LogP contribution in [0.4, 0.5) is 14.9 Å². The molecule has 8 heteroatoms. The predicted octanol–water partition coefficient (Wildman–Crippen LogP) is 2.83. The van der Waals surface area contributed by atoms with Gasteiger partial charge < -0.3 is 20.6 Å². The third-order valence-electron chi connectivity index (χ3n) is 5.72. The van der Waals surface area contributed by atoms with Crippen molar-refractivity contribution in [1.82, 2.24) is 10.2 Å². The van der Waals surface area contributed by atoms with E-state index in [1.54, 1.807) is 11.0 Å². The first-order chi connectivity index (χ1) is 13.4. The molecule has 1 saturated carbocycles. The third-order valence-corrected chi connectivity index (χ3v) is 5.72. The summed E-state index contributed by atoms with van der Waals surface area (Å²) in [6.45, 7) is 1.36. The molecule has 1 aromatic rings. The average Bonchev–Trinajstić information content (AvgIpc) is 3.17. The summed E-state index contributed by atoms with van der Waals surface area (Å²) < 4.78 is 13.2. The van der Waals surface area contributed by atoms with Gasteiger partial charge in [0.1, 0.15) is 11.2 Å². The molecule has 28 heavy (non-hydrogen) atoms. The van der Waals surface area contributed by atoms with Gasteiger partial charge in [-0.1, -0.05) is 18.9 Å². The van der Waals surface area contributed by atoms with Crippen molar-refractivity contribution in [2.45, 2.75) is 38.5 Å². The van der Waals surface area contributed by atoms with E-state index in [0.717, 1.165) is 25.7 Å². The van der Waals surface area contributed by atoms with Gasteiger partial charge in [-0.3, -0.25) is 9.59 Å². The Morgan fingerprint density at radius 2 is 1.96 bits per heavy atom. The largest absolute Gasteiger partial charge is 0.480 e. The minimum atomic E-state index is -1.27. The lowest BCUT2D eigenvalue weighted by molar-refractivity contribution is -0.161. The van der Waals surface area contributed by atoms with E-state index in [0.29, 0.717) is 38.2 Å². The summed E-state index contributed by atoms with van der Waals surface area (Å²) in [5, 5.41) is 15.0. The van der Waals surface area contributed by atoms with Gasteiger partial charge in [0.05, 0.1) is 0 Å². The van der Waals surface area contributed by atoms with Gasteiger partial charge in [0, 0.05) is 25.3 Å². The van der Waals surface area contributed by atoms with Gasteiger partial charge in [-0.25, -0.2) is 9.18 Å². The standard InChI is InChI=1S/C20H26FN3O4/c21-15-6-3-7-16(11-15)23-19(28)22-12-14-5-4-10-24(13-14)17(25)20(18(26)27)8-1-2-9-20/h3,6-7,11,14H,1-2,4-5,8-10,12-13H2,(H,26,27)(H2,22,23,28). The van der Waals surface area contributed by atoms with Crippen LogP contribution in [-0.2, 0) is 9.59 Å². The van der Waals surface area contributed by atoms with Gasteiger partial charge in [0.2, 0.25) is 5.91 Å². The number of hydrogen-bond acceptors (Lipinski definition) is 3. The molecule has 1 heterocycles. The molecule has 1 atom stereocenters. The van der Waals surface area contributed by atoms with E-state index >= 15 is 0 Å². The number of amides is 3. The number of halogens is 1. The molecule has 0 spiro atoms. The molecule has 0 bridgehead atoms. The SMILES string of the molecule is O=C(NCC1CCCN(C(=O)C2(C(=O)O)CCCC2)C1)Nc1cccc(F)c1. The van der Waals surface area contributed by atoms with Gasteiger partial charge in [0.25, 0.3) is 0 Å². The summed E-state index contributed by atoms with van der Waals surface area (Å²) in [7, 11) is 0. The van der Waals surface area contributed by atoms with E-state index in [9.17, 15) is 23.9 Å². The van der Waals surface area contributed by atoms with Crippen LogP contribution in [0.25, 0.3) is 0 Å². The molecule has 1 saturated heterocycles. The van der Waals surface area contributed by atoms with Crippen molar-refractivity contribution in [3.05, 3.63) is 30.1 Å². The maximum absolute atomic E-state index is 13.2. The number of nitrogens with zero attached hydrogens (tertiary/aromatic N) is 1. The lowest BCUT2D eigenvalue weighted by Crippen LogP contribution is -2.51. The number of benzene rings is 1. The maximum atomic E-state index is 13.2. The number of hydrogen-bond donors (Lipinski definition) is 3. The fraction of sp³-hybridized carbons (Fsp3) is 0.550. The molecule has 1 aliphatic carbocycles. The van der Waals surface area contributed by atoms with Crippen LogP contribution >= 0.6 is 0 Å². The second kappa shape index (κ2) is 8.58.